The third-order valence-corrected chi connectivity index (χ3v) is 6.82. The van der Waals surface area contributed by atoms with Gasteiger partial charge in [-0.1, -0.05) is 42.5 Å². The number of rotatable bonds is 3. The zero-order chi connectivity index (χ0) is 21.5. The number of aliphatic hydroxyl groups excluding tert-OH is 1. The largest absolute Gasteiger partial charge is 0.505 e. The van der Waals surface area contributed by atoms with Crippen molar-refractivity contribution in [3.8, 4) is 17.2 Å². The average Bonchev–Trinajstić information content (AvgIpc) is 2.78. The topological polar surface area (TPSA) is 98.5 Å². The number of carbonyl (C=O) groups excluding carboxylic acids is 1. The smallest absolute Gasteiger partial charge is 0.265 e. The second-order valence-corrected chi connectivity index (χ2v) is 8.70. The van der Waals surface area contributed by atoms with E-state index in [0.29, 0.717) is 5.56 Å². The Balaban J connectivity index is 1.81. The highest BCUT2D eigenvalue weighted by Crippen LogP contribution is 2.36. The molecule has 0 atom stereocenters. The molecule has 1 heterocycles. The number of benzene rings is 3. The number of hydrogen-bond donors (Lipinski definition) is 1. The molecular weight excluding hydrogens is 400 g/mol. The Morgan fingerprint density at radius 1 is 0.967 bits per heavy atom. The molecule has 1 aliphatic heterocycles. The zero-order valence-electron chi connectivity index (χ0n) is 15.9. The van der Waals surface area contributed by atoms with Gasteiger partial charge in [-0.15, -0.1) is 0 Å². The molecule has 0 saturated carbocycles. The minimum Gasteiger partial charge on any atom is -0.505 e. The average molecular weight is 416 g/mol. The van der Waals surface area contributed by atoms with E-state index in [2.05, 4.69) is 6.07 Å². The maximum absolute atomic E-state index is 13.2. The lowest BCUT2D eigenvalue weighted by molar-refractivity contribution is 0.101. The normalized spacial score (nSPS) is 14.7. The Morgan fingerprint density at radius 2 is 1.67 bits per heavy atom. The van der Waals surface area contributed by atoms with E-state index in [0.717, 1.165) is 15.4 Å². The molecule has 7 heteroatoms. The van der Waals surface area contributed by atoms with Gasteiger partial charge in [0, 0.05) is 18.2 Å². The Hall–Kier alpha value is -3.89. The van der Waals surface area contributed by atoms with Crippen LogP contribution in [0.5, 0.6) is 0 Å². The van der Waals surface area contributed by atoms with E-state index in [9.17, 15) is 18.3 Å². The summed E-state index contributed by atoms with van der Waals surface area (Å²) in [4.78, 5) is 13.2. The number of nitriles is 1. The van der Waals surface area contributed by atoms with E-state index in [-0.39, 0.29) is 27.5 Å². The van der Waals surface area contributed by atoms with Crippen LogP contribution in [0.4, 0.5) is 0 Å². The van der Waals surface area contributed by atoms with Crippen molar-refractivity contribution in [2.24, 2.45) is 0 Å². The Kier molecular flexibility index (Phi) is 4.65. The van der Waals surface area contributed by atoms with Crippen LogP contribution in [0.15, 0.2) is 83.4 Å². The summed E-state index contributed by atoms with van der Waals surface area (Å²) in [6.45, 7) is 0. The maximum Gasteiger partial charge on any atom is 0.265 e. The van der Waals surface area contributed by atoms with Crippen molar-refractivity contribution in [2.75, 3.05) is 7.05 Å². The van der Waals surface area contributed by atoms with Gasteiger partial charge in [-0.25, -0.2) is 8.42 Å². The molecule has 0 bridgehead atoms. The number of fused-ring (bicyclic) bond motifs is 1. The summed E-state index contributed by atoms with van der Waals surface area (Å²) in [5.74, 6) is -0.986. The first kappa shape index (κ1) is 19.4. The van der Waals surface area contributed by atoms with Gasteiger partial charge in [0.15, 0.2) is 5.76 Å². The maximum atomic E-state index is 13.2. The van der Waals surface area contributed by atoms with Gasteiger partial charge in [0.05, 0.1) is 16.5 Å². The van der Waals surface area contributed by atoms with Gasteiger partial charge in [-0.2, -0.15) is 5.26 Å². The first-order valence-corrected chi connectivity index (χ1v) is 10.5. The predicted molar refractivity (Wildman–Crippen MR) is 112 cm³/mol. The van der Waals surface area contributed by atoms with E-state index in [1.165, 1.54) is 19.2 Å². The van der Waals surface area contributed by atoms with Crippen molar-refractivity contribution in [3.63, 3.8) is 0 Å². The second-order valence-electron chi connectivity index (χ2n) is 6.76. The molecule has 30 heavy (non-hydrogen) atoms. The minimum absolute atomic E-state index is 0.0483. The molecule has 148 valence electrons. The number of hydrogen-bond acceptors (Lipinski definition) is 5. The third-order valence-electron chi connectivity index (χ3n) is 5.01. The molecule has 0 unspecified atom stereocenters. The van der Waals surface area contributed by atoms with Crippen molar-refractivity contribution in [1.29, 1.82) is 5.26 Å². The fourth-order valence-electron chi connectivity index (χ4n) is 3.40. The summed E-state index contributed by atoms with van der Waals surface area (Å²) in [5.41, 5.74) is 2.09. The number of nitrogens with zero attached hydrogens (tertiary/aromatic N) is 2. The van der Waals surface area contributed by atoms with E-state index >= 15 is 0 Å². The predicted octanol–water partition coefficient (Wildman–Crippen LogP) is 3.97. The Morgan fingerprint density at radius 3 is 2.37 bits per heavy atom. The van der Waals surface area contributed by atoms with Crippen molar-refractivity contribution < 1.29 is 18.3 Å². The second kappa shape index (κ2) is 7.17. The van der Waals surface area contributed by atoms with Crippen LogP contribution in [0, 0.1) is 11.3 Å². The molecule has 1 aliphatic rings. The molecule has 0 spiro atoms. The lowest BCUT2D eigenvalue weighted by Crippen LogP contribution is -2.35. The quantitative estimate of drug-likeness (QED) is 0.652. The van der Waals surface area contributed by atoms with Crippen LogP contribution in [0.2, 0.25) is 0 Å². The van der Waals surface area contributed by atoms with Crippen LogP contribution < -0.4 is 0 Å². The Labute approximate surface area is 174 Å². The third kappa shape index (κ3) is 3.04. The summed E-state index contributed by atoms with van der Waals surface area (Å²) < 4.78 is 26.5. The van der Waals surface area contributed by atoms with Crippen LogP contribution >= 0.6 is 0 Å². The van der Waals surface area contributed by atoms with E-state index in [4.69, 9.17) is 5.26 Å². The molecule has 0 aliphatic carbocycles. The molecule has 0 fully saturated rings. The summed E-state index contributed by atoms with van der Waals surface area (Å²) in [6, 6.07) is 21.7. The molecule has 1 N–H and O–H groups in total. The summed E-state index contributed by atoms with van der Waals surface area (Å²) >= 11 is 0. The highest BCUT2D eigenvalue weighted by atomic mass is 32.2. The van der Waals surface area contributed by atoms with Crippen LogP contribution in [-0.4, -0.2) is 30.7 Å². The fourth-order valence-corrected chi connectivity index (χ4v) is 4.79. The molecule has 0 radical (unpaired) electrons. The molecule has 4 rings (SSSR count). The monoisotopic (exact) mass is 416 g/mol. The molecular formula is C23H16N2O4S. The first-order valence-electron chi connectivity index (χ1n) is 9.01. The first-order chi connectivity index (χ1) is 14.3. The SMILES string of the molecule is CN1C(C(=O)c2cccc(-c3ccc(C#N)cc3)c2)=C(O)c2ccccc2S1(=O)=O. The summed E-state index contributed by atoms with van der Waals surface area (Å²) in [5, 5.41) is 19.7. The highest BCUT2D eigenvalue weighted by molar-refractivity contribution is 7.89. The van der Waals surface area contributed by atoms with Gasteiger partial charge in [0.25, 0.3) is 10.0 Å². The van der Waals surface area contributed by atoms with Crippen molar-refractivity contribution in [1.82, 2.24) is 4.31 Å². The lowest BCUT2D eigenvalue weighted by atomic mass is 9.98. The number of aliphatic hydroxyl groups is 1. The van der Waals surface area contributed by atoms with Gasteiger partial charge in [-0.3, -0.25) is 9.10 Å². The molecule has 3 aromatic carbocycles. The number of likely N-dealkylation sites (N-methyl/N-ethyl adjacent to an activating group) is 1. The van der Waals surface area contributed by atoms with Gasteiger partial charge < -0.3 is 5.11 Å². The van der Waals surface area contributed by atoms with Gasteiger partial charge in [0.2, 0.25) is 5.78 Å². The van der Waals surface area contributed by atoms with E-state index < -0.39 is 15.8 Å². The van der Waals surface area contributed by atoms with Crippen molar-refractivity contribution in [3.05, 3.63) is 95.2 Å². The standard InChI is InChI=1S/C23H16N2O4S/c1-25-21(23(27)19-7-2-3-8-20(19)30(25,28)29)22(26)18-6-4-5-17(13-18)16-11-9-15(14-24)10-12-16/h2-13,27H,1H3. The summed E-state index contributed by atoms with van der Waals surface area (Å²) in [6.07, 6.45) is 0. The number of ketones is 1. The van der Waals surface area contributed by atoms with Crippen LogP contribution in [0.1, 0.15) is 21.5 Å². The zero-order valence-corrected chi connectivity index (χ0v) is 16.7. The Bertz CT molecular complexity index is 1350. The van der Waals surface area contributed by atoms with Crippen LogP contribution in [0.3, 0.4) is 0 Å². The van der Waals surface area contributed by atoms with Crippen molar-refractivity contribution >= 4 is 21.6 Å². The molecule has 0 aromatic heterocycles. The molecule has 6 nitrogen and oxygen atoms in total. The lowest BCUT2D eigenvalue weighted by Gasteiger charge is -2.28. The van der Waals surface area contributed by atoms with Gasteiger partial charge in [-0.05, 0) is 41.5 Å². The number of carbonyl (C=O) groups is 1. The van der Waals surface area contributed by atoms with Crippen molar-refractivity contribution in [2.45, 2.75) is 4.90 Å². The fraction of sp³-hybridized carbons (Fsp3) is 0.0435. The number of allylic oxidation sites excluding steroid dienone is 1. The highest BCUT2D eigenvalue weighted by Gasteiger charge is 2.37. The molecule has 3 aromatic rings. The van der Waals surface area contributed by atoms with E-state index in [1.54, 1.807) is 54.6 Å². The van der Waals surface area contributed by atoms with Gasteiger partial charge >= 0.3 is 0 Å². The van der Waals surface area contributed by atoms with Crippen LogP contribution in [0.25, 0.3) is 16.9 Å². The minimum atomic E-state index is -3.96. The number of sulfonamides is 1. The molecule has 0 amide bonds. The summed E-state index contributed by atoms with van der Waals surface area (Å²) in [7, 11) is -2.71. The van der Waals surface area contributed by atoms with E-state index in [1.807, 2.05) is 6.07 Å². The van der Waals surface area contributed by atoms with Crippen LogP contribution in [-0.2, 0) is 10.0 Å². The molecule has 0 saturated heterocycles. The number of Topliss-reactive ketones (excluding diaryl/α,β-unsaturated/α-hetero) is 1. The van der Waals surface area contributed by atoms with Gasteiger partial charge in [0.1, 0.15) is 5.70 Å².